The summed E-state index contributed by atoms with van der Waals surface area (Å²) in [5.41, 5.74) is 0. The van der Waals surface area contributed by atoms with Crippen LogP contribution in [0.25, 0.3) is 0 Å². The van der Waals surface area contributed by atoms with Crippen molar-refractivity contribution in [1.82, 2.24) is 0 Å². The molecule has 0 aromatic carbocycles. The van der Waals surface area contributed by atoms with Crippen molar-refractivity contribution in [3.8, 4) is 0 Å². The molecule has 0 atom stereocenters. The van der Waals surface area contributed by atoms with Gasteiger partial charge in [-0.15, -0.1) is 0 Å². The molecule has 68 valence electrons. The van der Waals surface area contributed by atoms with Gasteiger partial charge < -0.3 is 4.55 Å². The molecule has 0 aliphatic rings. The zero-order chi connectivity index (χ0) is 8.74. The fourth-order valence-corrected chi connectivity index (χ4v) is 1.68. The van der Waals surface area contributed by atoms with Crippen LogP contribution in [0, 0.1) is 0 Å². The molecule has 12 heavy (non-hydrogen) atoms. The molecule has 0 rings (SSSR count). The second-order valence-corrected chi connectivity index (χ2v) is 4.68. The molecule has 6 heteroatoms. The SMILES string of the molecule is O=S(=O)([O-])CCCCCCBr.[Na+]. The Morgan fingerprint density at radius 2 is 1.58 bits per heavy atom. The molecule has 0 amide bonds. The van der Waals surface area contributed by atoms with Crippen LogP contribution < -0.4 is 29.6 Å². The quantitative estimate of drug-likeness (QED) is 0.254. The van der Waals surface area contributed by atoms with Crippen LogP contribution in [-0.4, -0.2) is 24.1 Å². The number of halogens is 1. The van der Waals surface area contributed by atoms with E-state index in [1.54, 1.807) is 0 Å². The Bertz CT molecular complexity index is 181. The van der Waals surface area contributed by atoms with Gasteiger partial charge in [0.25, 0.3) is 0 Å². The van der Waals surface area contributed by atoms with Gasteiger partial charge in [-0.2, -0.15) is 0 Å². The molecule has 0 unspecified atom stereocenters. The maximum absolute atomic E-state index is 10.1. The molecular formula is C6H12BrNaO3S. The minimum absolute atomic E-state index is 0. The zero-order valence-corrected chi connectivity index (χ0v) is 11.7. The van der Waals surface area contributed by atoms with Gasteiger partial charge in [-0.3, -0.25) is 0 Å². The normalized spacial score (nSPS) is 10.8. The van der Waals surface area contributed by atoms with E-state index in [-0.39, 0.29) is 35.3 Å². The molecule has 0 spiro atoms. The van der Waals surface area contributed by atoms with Gasteiger partial charge >= 0.3 is 29.6 Å². The van der Waals surface area contributed by atoms with Crippen molar-refractivity contribution < 1.29 is 42.5 Å². The van der Waals surface area contributed by atoms with E-state index in [1.807, 2.05) is 0 Å². The summed E-state index contributed by atoms with van der Waals surface area (Å²) >= 11 is 3.26. The van der Waals surface area contributed by atoms with Crippen LogP contribution in [0.3, 0.4) is 0 Å². The summed E-state index contributed by atoms with van der Waals surface area (Å²) in [5.74, 6) is -0.213. The smallest absolute Gasteiger partial charge is 0.748 e. The van der Waals surface area contributed by atoms with Crippen molar-refractivity contribution >= 4 is 26.0 Å². The van der Waals surface area contributed by atoms with Gasteiger partial charge in [0.15, 0.2) is 0 Å². The van der Waals surface area contributed by atoms with Crippen LogP contribution in [0.15, 0.2) is 0 Å². The van der Waals surface area contributed by atoms with E-state index in [2.05, 4.69) is 15.9 Å². The maximum Gasteiger partial charge on any atom is 1.00 e. The van der Waals surface area contributed by atoms with Crippen molar-refractivity contribution in [2.24, 2.45) is 0 Å². The predicted octanol–water partition coefficient (Wildman–Crippen LogP) is -1.51. The van der Waals surface area contributed by atoms with Gasteiger partial charge in [-0.05, 0) is 12.8 Å². The number of alkyl halides is 1. The van der Waals surface area contributed by atoms with Crippen LogP contribution in [0.1, 0.15) is 25.7 Å². The topological polar surface area (TPSA) is 57.2 Å². The third-order valence-corrected chi connectivity index (χ3v) is 2.63. The van der Waals surface area contributed by atoms with Crippen LogP contribution in [0.4, 0.5) is 0 Å². The molecule has 0 bridgehead atoms. The van der Waals surface area contributed by atoms with E-state index in [1.165, 1.54) is 0 Å². The summed E-state index contributed by atoms with van der Waals surface area (Å²) in [4.78, 5) is 0. The molecule has 0 aromatic rings. The third kappa shape index (κ3) is 13.9. The van der Waals surface area contributed by atoms with Crippen molar-refractivity contribution in [3.05, 3.63) is 0 Å². The van der Waals surface area contributed by atoms with Crippen LogP contribution >= 0.6 is 15.9 Å². The first kappa shape index (κ1) is 15.8. The molecule has 0 N–H and O–H groups in total. The minimum Gasteiger partial charge on any atom is -0.748 e. The zero-order valence-electron chi connectivity index (χ0n) is 7.25. The predicted molar refractivity (Wildman–Crippen MR) is 46.8 cm³/mol. The Morgan fingerprint density at radius 3 is 2.00 bits per heavy atom. The average molecular weight is 267 g/mol. The Morgan fingerprint density at radius 1 is 1.08 bits per heavy atom. The molecule has 0 heterocycles. The molecule has 0 radical (unpaired) electrons. The fourth-order valence-electron chi connectivity index (χ4n) is 0.727. The van der Waals surface area contributed by atoms with Crippen LogP contribution in [0.5, 0.6) is 0 Å². The standard InChI is InChI=1S/C6H13BrO3S.Na/c7-5-3-1-2-4-6-11(8,9)10;/h1-6H2,(H,8,9,10);/q;+1/p-1. The molecule has 0 fully saturated rings. The summed E-state index contributed by atoms with van der Waals surface area (Å²) in [6.07, 6.45) is 3.35. The van der Waals surface area contributed by atoms with Gasteiger partial charge in [0.05, 0.1) is 10.1 Å². The van der Waals surface area contributed by atoms with Crippen LogP contribution in [0.2, 0.25) is 0 Å². The van der Waals surface area contributed by atoms with Crippen molar-refractivity contribution in [2.75, 3.05) is 11.1 Å². The Kier molecular flexibility index (Phi) is 11.8. The Hall–Kier alpha value is 1.39. The second-order valence-electron chi connectivity index (χ2n) is 2.36. The van der Waals surface area contributed by atoms with Gasteiger partial charge in [-0.1, -0.05) is 28.8 Å². The van der Waals surface area contributed by atoms with E-state index >= 15 is 0 Å². The molecule has 0 aliphatic heterocycles. The third-order valence-electron chi connectivity index (χ3n) is 1.28. The fraction of sp³-hybridized carbons (Fsp3) is 1.00. The molecule has 0 saturated carbocycles. The number of rotatable bonds is 6. The summed E-state index contributed by atoms with van der Waals surface area (Å²) < 4.78 is 30.3. The van der Waals surface area contributed by atoms with Gasteiger partial charge in [0.2, 0.25) is 0 Å². The largest absolute Gasteiger partial charge is 1.00 e. The van der Waals surface area contributed by atoms with Gasteiger partial charge in [-0.25, -0.2) is 8.42 Å². The van der Waals surface area contributed by atoms with Crippen molar-refractivity contribution in [1.29, 1.82) is 0 Å². The van der Waals surface area contributed by atoms with Gasteiger partial charge in [0.1, 0.15) is 0 Å². The average Bonchev–Trinajstić information content (AvgIpc) is 1.85. The number of hydrogen-bond acceptors (Lipinski definition) is 3. The van der Waals surface area contributed by atoms with Crippen molar-refractivity contribution in [3.63, 3.8) is 0 Å². The first-order valence-corrected chi connectivity index (χ1v) is 6.25. The van der Waals surface area contributed by atoms with Crippen LogP contribution in [-0.2, 0) is 10.1 Å². The summed E-state index contributed by atoms with van der Waals surface area (Å²) in [6.45, 7) is 0. The van der Waals surface area contributed by atoms with E-state index in [4.69, 9.17) is 0 Å². The molecular weight excluding hydrogens is 255 g/mol. The number of unbranched alkanes of at least 4 members (excludes halogenated alkanes) is 3. The summed E-state index contributed by atoms with van der Waals surface area (Å²) in [5, 5.41) is 0.942. The molecule has 3 nitrogen and oxygen atoms in total. The molecule has 0 aliphatic carbocycles. The molecule has 0 saturated heterocycles. The van der Waals surface area contributed by atoms with E-state index in [9.17, 15) is 13.0 Å². The second kappa shape index (κ2) is 8.97. The Balaban J connectivity index is 0. The van der Waals surface area contributed by atoms with E-state index in [0.717, 1.165) is 24.6 Å². The monoisotopic (exact) mass is 266 g/mol. The first-order chi connectivity index (χ1) is 5.06. The first-order valence-electron chi connectivity index (χ1n) is 3.56. The van der Waals surface area contributed by atoms with E-state index < -0.39 is 10.1 Å². The molecule has 0 aromatic heterocycles. The number of hydrogen-bond donors (Lipinski definition) is 0. The summed E-state index contributed by atoms with van der Waals surface area (Å²) in [6, 6.07) is 0. The van der Waals surface area contributed by atoms with Gasteiger partial charge in [0, 0.05) is 11.1 Å². The maximum atomic E-state index is 10.1. The minimum atomic E-state index is -3.97. The van der Waals surface area contributed by atoms with E-state index in [0.29, 0.717) is 6.42 Å². The Labute approximate surface area is 104 Å². The van der Waals surface area contributed by atoms with Crippen molar-refractivity contribution in [2.45, 2.75) is 25.7 Å². The summed E-state index contributed by atoms with van der Waals surface area (Å²) in [7, 11) is -3.97.